The summed E-state index contributed by atoms with van der Waals surface area (Å²) in [5.74, 6) is 1.22. The smallest absolute Gasteiger partial charge is 0.243 e. The number of nitrogens with zero attached hydrogens (tertiary/aromatic N) is 3. The monoisotopic (exact) mass is 475 g/mol. The Hall–Kier alpha value is -2.78. The first kappa shape index (κ1) is 24.9. The number of carbonyl (C=O) groups is 1. The van der Waals surface area contributed by atoms with Gasteiger partial charge in [0.05, 0.1) is 25.7 Å². The van der Waals surface area contributed by atoms with Crippen LogP contribution >= 0.6 is 0 Å². The SMILES string of the molecule is COc1ccc(S(=O)(=O)N2CCN(C(=O)CN(C)c3cccc(C(C)C)c3)CC2)cc1OC. The van der Waals surface area contributed by atoms with Crippen LogP contribution in [-0.4, -0.2) is 77.5 Å². The van der Waals surface area contributed by atoms with Gasteiger partial charge in [-0.15, -0.1) is 0 Å². The normalized spacial score (nSPS) is 14.9. The van der Waals surface area contributed by atoms with Crippen molar-refractivity contribution in [1.29, 1.82) is 0 Å². The van der Waals surface area contributed by atoms with Gasteiger partial charge < -0.3 is 19.3 Å². The van der Waals surface area contributed by atoms with E-state index in [0.29, 0.717) is 30.5 Å². The average molecular weight is 476 g/mol. The van der Waals surface area contributed by atoms with E-state index in [0.717, 1.165) is 5.69 Å². The van der Waals surface area contributed by atoms with Gasteiger partial charge in [-0.2, -0.15) is 4.31 Å². The minimum absolute atomic E-state index is 0.0179. The summed E-state index contributed by atoms with van der Waals surface area (Å²) in [6, 6.07) is 12.7. The van der Waals surface area contributed by atoms with Crippen molar-refractivity contribution in [3.05, 3.63) is 48.0 Å². The van der Waals surface area contributed by atoms with Crippen molar-refractivity contribution in [3.63, 3.8) is 0 Å². The second kappa shape index (κ2) is 10.4. The third kappa shape index (κ3) is 5.59. The number of methoxy groups -OCH3 is 2. The lowest BCUT2D eigenvalue weighted by Crippen LogP contribution is -2.52. The van der Waals surface area contributed by atoms with Crippen molar-refractivity contribution in [2.24, 2.45) is 0 Å². The van der Waals surface area contributed by atoms with Crippen LogP contribution in [0.4, 0.5) is 5.69 Å². The molecule has 1 saturated heterocycles. The van der Waals surface area contributed by atoms with Crippen LogP contribution in [0.5, 0.6) is 11.5 Å². The van der Waals surface area contributed by atoms with Gasteiger partial charge in [0.2, 0.25) is 15.9 Å². The molecule has 0 unspecified atom stereocenters. The molecule has 33 heavy (non-hydrogen) atoms. The van der Waals surface area contributed by atoms with E-state index in [1.807, 2.05) is 24.1 Å². The number of amides is 1. The highest BCUT2D eigenvalue weighted by Gasteiger charge is 2.31. The fourth-order valence-corrected chi connectivity index (χ4v) is 5.26. The van der Waals surface area contributed by atoms with Gasteiger partial charge in [0.15, 0.2) is 11.5 Å². The molecule has 0 aromatic heterocycles. The summed E-state index contributed by atoms with van der Waals surface area (Å²) in [7, 11) is 1.17. The number of hydrogen-bond donors (Lipinski definition) is 0. The van der Waals surface area contributed by atoms with E-state index in [9.17, 15) is 13.2 Å². The van der Waals surface area contributed by atoms with Crippen molar-refractivity contribution >= 4 is 21.6 Å². The van der Waals surface area contributed by atoms with Crippen LogP contribution in [0.3, 0.4) is 0 Å². The Balaban J connectivity index is 1.62. The molecule has 0 aliphatic carbocycles. The molecule has 0 bridgehead atoms. The quantitative estimate of drug-likeness (QED) is 0.584. The summed E-state index contributed by atoms with van der Waals surface area (Å²) in [5, 5.41) is 0. The summed E-state index contributed by atoms with van der Waals surface area (Å²) in [6.45, 7) is 5.71. The van der Waals surface area contributed by atoms with E-state index in [1.165, 1.54) is 36.2 Å². The van der Waals surface area contributed by atoms with Crippen LogP contribution in [0.1, 0.15) is 25.3 Å². The Morgan fingerprint density at radius 1 is 1.00 bits per heavy atom. The number of rotatable bonds is 8. The van der Waals surface area contributed by atoms with E-state index in [2.05, 4.69) is 26.0 Å². The molecular weight excluding hydrogens is 442 g/mol. The molecule has 8 nitrogen and oxygen atoms in total. The second-order valence-electron chi connectivity index (χ2n) is 8.41. The zero-order chi connectivity index (χ0) is 24.2. The van der Waals surface area contributed by atoms with Gasteiger partial charge in [-0.1, -0.05) is 26.0 Å². The number of hydrogen-bond acceptors (Lipinski definition) is 6. The van der Waals surface area contributed by atoms with Crippen LogP contribution < -0.4 is 14.4 Å². The van der Waals surface area contributed by atoms with E-state index in [4.69, 9.17) is 9.47 Å². The molecule has 1 fully saturated rings. The minimum Gasteiger partial charge on any atom is -0.493 e. The van der Waals surface area contributed by atoms with Crippen molar-refractivity contribution in [2.45, 2.75) is 24.7 Å². The molecule has 0 saturated carbocycles. The number of sulfonamides is 1. The predicted octanol–water partition coefficient (Wildman–Crippen LogP) is 2.80. The fraction of sp³-hybridized carbons (Fsp3) is 0.458. The molecule has 2 aromatic rings. The van der Waals surface area contributed by atoms with Crippen molar-refractivity contribution in [1.82, 2.24) is 9.21 Å². The molecule has 1 aliphatic heterocycles. The highest BCUT2D eigenvalue weighted by molar-refractivity contribution is 7.89. The van der Waals surface area contributed by atoms with Gasteiger partial charge in [0.25, 0.3) is 0 Å². The van der Waals surface area contributed by atoms with Crippen LogP contribution in [-0.2, 0) is 14.8 Å². The molecule has 0 spiro atoms. The van der Waals surface area contributed by atoms with E-state index in [-0.39, 0.29) is 30.4 Å². The summed E-state index contributed by atoms with van der Waals surface area (Å²) < 4.78 is 38.0. The van der Waals surface area contributed by atoms with Crippen LogP contribution in [0.25, 0.3) is 0 Å². The van der Waals surface area contributed by atoms with Crippen LogP contribution in [0, 0.1) is 0 Å². The molecule has 0 atom stereocenters. The topological polar surface area (TPSA) is 79.4 Å². The first-order valence-electron chi connectivity index (χ1n) is 11.0. The number of piperazine rings is 1. The Kier molecular flexibility index (Phi) is 7.86. The molecule has 2 aromatic carbocycles. The lowest BCUT2D eigenvalue weighted by Gasteiger charge is -2.35. The highest BCUT2D eigenvalue weighted by atomic mass is 32.2. The summed E-state index contributed by atoms with van der Waals surface area (Å²) >= 11 is 0. The zero-order valence-corrected chi connectivity index (χ0v) is 20.8. The maximum atomic E-state index is 13.1. The summed E-state index contributed by atoms with van der Waals surface area (Å²) in [6.07, 6.45) is 0. The molecule has 9 heteroatoms. The van der Waals surface area contributed by atoms with Crippen LogP contribution in [0.2, 0.25) is 0 Å². The lowest BCUT2D eigenvalue weighted by atomic mass is 10.0. The summed E-state index contributed by atoms with van der Waals surface area (Å²) in [4.78, 5) is 16.7. The molecule has 1 amide bonds. The fourth-order valence-electron chi connectivity index (χ4n) is 3.82. The molecule has 180 valence electrons. The molecule has 0 radical (unpaired) electrons. The molecule has 1 heterocycles. The zero-order valence-electron chi connectivity index (χ0n) is 19.9. The first-order valence-corrected chi connectivity index (χ1v) is 12.4. The maximum Gasteiger partial charge on any atom is 0.243 e. The number of ether oxygens (including phenoxy) is 2. The van der Waals surface area contributed by atoms with E-state index in [1.54, 1.807) is 11.0 Å². The van der Waals surface area contributed by atoms with Gasteiger partial charge in [0, 0.05) is 45.0 Å². The molecular formula is C24H33N3O5S. The van der Waals surface area contributed by atoms with Gasteiger partial charge in [0.1, 0.15) is 0 Å². The molecule has 0 N–H and O–H groups in total. The lowest BCUT2D eigenvalue weighted by molar-refractivity contribution is -0.130. The van der Waals surface area contributed by atoms with Crippen molar-refractivity contribution in [2.75, 3.05) is 58.9 Å². The Morgan fingerprint density at radius 3 is 2.27 bits per heavy atom. The number of likely N-dealkylation sites (N-methyl/N-ethyl adjacent to an activating group) is 1. The Labute approximate surface area is 196 Å². The summed E-state index contributed by atoms with van der Waals surface area (Å²) in [5.41, 5.74) is 2.21. The van der Waals surface area contributed by atoms with Gasteiger partial charge in [-0.05, 0) is 35.7 Å². The van der Waals surface area contributed by atoms with Crippen LogP contribution in [0.15, 0.2) is 47.4 Å². The number of benzene rings is 2. The Bertz CT molecular complexity index is 1080. The Morgan fingerprint density at radius 2 is 1.67 bits per heavy atom. The van der Waals surface area contributed by atoms with Gasteiger partial charge in [-0.3, -0.25) is 4.79 Å². The first-order chi connectivity index (χ1) is 15.7. The maximum absolute atomic E-state index is 13.1. The van der Waals surface area contributed by atoms with Crippen molar-refractivity contribution in [3.8, 4) is 11.5 Å². The second-order valence-corrected chi connectivity index (χ2v) is 10.3. The average Bonchev–Trinajstić information content (AvgIpc) is 2.83. The highest BCUT2D eigenvalue weighted by Crippen LogP contribution is 2.31. The molecule has 3 rings (SSSR count). The van der Waals surface area contributed by atoms with Gasteiger partial charge in [-0.25, -0.2) is 8.42 Å². The van der Waals surface area contributed by atoms with E-state index >= 15 is 0 Å². The van der Waals surface area contributed by atoms with Crippen molar-refractivity contribution < 1.29 is 22.7 Å². The van der Waals surface area contributed by atoms with E-state index < -0.39 is 10.0 Å². The third-order valence-corrected chi connectivity index (χ3v) is 7.83. The predicted molar refractivity (Wildman–Crippen MR) is 129 cm³/mol. The third-order valence-electron chi connectivity index (χ3n) is 5.93. The van der Waals surface area contributed by atoms with Gasteiger partial charge >= 0.3 is 0 Å². The molecule has 1 aliphatic rings. The largest absolute Gasteiger partial charge is 0.493 e. The minimum atomic E-state index is -3.70. The standard InChI is InChI=1S/C24H33N3O5S/c1-18(2)19-7-6-8-20(15-19)25(3)17-24(28)26-11-13-27(14-12-26)33(29,30)21-9-10-22(31-4)23(16-21)32-5/h6-10,15-16,18H,11-14,17H2,1-5H3. The number of anilines is 1. The number of carbonyl (C=O) groups excluding carboxylic acids is 1.